The number of nitrogens with one attached hydrogen (secondary N) is 1. The van der Waals surface area contributed by atoms with Crippen LogP contribution in [0.3, 0.4) is 0 Å². The third-order valence-electron chi connectivity index (χ3n) is 1.74. The number of rotatable bonds is 11. The largest absolute Gasteiger partial charge is 0.481 e. The molecule has 3 N–H and O–H groups in total. The van der Waals surface area contributed by atoms with Crippen molar-refractivity contribution in [3.8, 4) is 0 Å². The molecular formula is C10H17NO7. The van der Waals surface area contributed by atoms with Crippen LogP contribution in [0.1, 0.15) is 12.8 Å². The van der Waals surface area contributed by atoms with E-state index in [2.05, 4.69) is 5.32 Å². The van der Waals surface area contributed by atoms with Crippen molar-refractivity contribution >= 4 is 17.8 Å². The molecule has 0 saturated carbocycles. The average Bonchev–Trinajstić information content (AvgIpc) is 2.29. The van der Waals surface area contributed by atoms with Crippen molar-refractivity contribution in [3.63, 3.8) is 0 Å². The summed E-state index contributed by atoms with van der Waals surface area (Å²) in [4.78, 5) is 31.3. The Bertz CT molecular complexity index is 279. The lowest BCUT2D eigenvalue weighted by molar-refractivity contribution is -0.138. The van der Waals surface area contributed by atoms with Gasteiger partial charge in [-0.15, -0.1) is 0 Å². The average molecular weight is 263 g/mol. The molecular weight excluding hydrogens is 246 g/mol. The quantitative estimate of drug-likeness (QED) is 0.412. The van der Waals surface area contributed by atoms with Crippen LogP contribution in [-0.2, 0) is 23.9 Å². The highest BCUT2D eigenvalue weighted by molar-refractivity contribution is 5.81. The summed E-state index contributed by atoms with van der Waals surface area (Å²) < 4.78 is 9.98. The Hall–Kier alpha value is -1.67. The number of ether oxygens (including phenoxy) is 2. The fourth-order valence-electron chi connectivity index (χ4n) is 0.909. The molecule has 0 radical (unpaired) electrons. The third kappa shape index (κ3) is 12.4. The van der Waals surface area contributed by atoms with Gasteiger partial charge in [0, 0.05) is 6.42 Å². The molecule has 0 aliphatic heterocycles. The van der Waals surface area contributed by atoms with E-state index < -0.39 is 24.4 Å². The number of carboxylic acids is 2. The van der Waals surface area contributed by atoms with Crippen LogP contribution in [0.25, 0.3) is 0 Å². The molecule has 0 aromatic heterocycles. The van der Waals surface area contributed by atoms with Crippen LogP contribution < -0.4 is 5.32 Å². The number of carbonyl (C=O) groups excluding carboxylic acids is 1. The minimum Gasteiger partial charge on any atom is -0.481 e. The highest BCUT2D eigenvalue weighted by atomic mass is 16.5. The first-order valence-electron chi connectivity index (χ1n) is 5.38. The summed E-state index contributed by atoms with van der Waals surface area (Å²) in [6.07, 6.45) is 0.0139. The van der Waals surface area contributed by atoms with Crippen molar-refractivity contribution in [1.82, 2.24) is 5.32 Å². The second-order valence-electron chi connectivity index (χ2n) is 3.29. The lowest BCUT2D eigenvalue weighted by atomic mass is 10.4. The lowest BCUT2D eigenvalue weighted by Crippen LogP contribution is -2.30. The van der Waals surface area contributed by atoms with E-state index in [1.807, 2.05) is 0 Å². The van der Waals surface area contributed by atoms with Gasteiger partial charge in [0.05, 0.1) is 32.8 Å². The molecule has 0 atom stereocenters. The van der Waals surface area contributed by atoms with Gasteiger partial charge in [-0.05, 0) is 0 Å². The van der Waals surface area contributed by atoms with Gasteiger partial charge in [-0.25, -0.2) is 0 Å². The second kappa shape index (κ2) is 10.5. The molecule has 0 rings (SSSR count). The molecule has 0 aromatic carbocycles. The van der Waals surface area contributed by atoms with Gasteiger partial charge in [0.2, 0.25) is 5.91 Å². The predicted octanol–water partition coefficient (Wildman–Crippen LogP) is -0.915. The van der Waals surface area contributed by atoms with Crippen LogP contribution >= 0.6 is 0 Å². The van der Waals surface area contributed by atoms with Gasteiger partial charge < -0.3 is 25.0 Å². The summed E-state index contributed by atoms with van der Waals surface area (Å²) in [7, 11) is 0. The van der Waals surface area contributed by atoms with E-state index in [0.29, 0.717) is 0 Å². The summed E-state index contributed by atoms with van der Waals surface area (Å²) in [6.45, 7) is 0.387. The van der Waals surface area contributed by atoms with Crippen molar-refractivity contribution in [3.05, 3.63) is 0 Å². The highest BCUT2D eigenvalue weighted by Crippen LogP contribution is 1.86. The van der Waals surface area contributed by atoms with Gasteiger partial charge in [-0.2, -0.15) is 0 Å². The van der Waals surface area contributed by atoms with Crippen molar-refractivity contribution in [2.24, 2.45) is 0 Å². The molecule has 8 heteroatoms. The molecule has 0 unspecified atom stereocenters. The molecule has 18 heavy (non-hydrogen) atoms. The number of aliphatic carboxylic acids is 2. The Morgan fingerprint density at radius 1 is 0.833 bits per heavy atom. The van der Waals surface area contributed by atoms with Crippen LogP contribution in [0.5, 0.6) is 0 Å². The van der Waals surface area contributed by atoms with Crippen LogP contribution in [-0.4, -0.2) is 61.0 Å². The summed E-state index contributed by atoms with van der Waals surface area (Å²) in [5, 5.41) is 18.8. The molecule has 0 aromatic rings. The minimum atomic E-state index is -1.10. The Morgan fingerprint density at radius 3 is 1.89 bits per heavy atom. The van der Waals surface area contributed by atoms with Gasteiger partial charge in [-0.3, -0.25) is 14.4 Å². The van der Waals surface area contributed by atoms with E-state index in [1.54, 1.807) is 0 Å². The Kier molecular flexibility index (Phi) is 9.51. The maximum absolute atomic E-state index is 11.0. The van der Waals surface area contributed by atoms with Crippen molar-refractivity contribution in [2.75, 3.05) is 33.0 Å². The summed E-state index contributed by atoms with van der Waals surface area (Å²) >= 11 is 0. The number of hydrogen-bond donors (Lipinski definition) is 3. The fourth-order valence-corrected chi connectivity index (χ4v) is 0.909. The predicted molar refractivity (Wildman–Crippen MR) is 59.2 cm³/mol. The van der Waals surface area contributed by atoms with Gasteiger partial charge >= 0.3 is 11.9 Å². The van der Waals surface area contributed by atoms with E-state index in [-0.39, 0.29) is 39.3 Å². The maximum atomic E-state index is 11.0. The van der Waals surface area contributed by atoms with E-state index in [1.165, 1.54) is 0 Å². The Balaban J connectivity index is 3.22. The molecule has 0 aliphatic carbocycles. The number of amides is 1. The lowest BCUT2D eigenvalue weighted by Gasteiger charge is -2.05. The SMILES string of the molecule is O=C(O)CCOCCOCCC(=O)NCC(=O)O. The Morgan fingerprint density at radius 2 is 1.39 bits per heavy atom. The maximum Gasteiger partial charge on any atom is 0.322 e. The van der Waals surface area contributed by atoms with E-state index in [0.717, 1.165) is 0 Å². The molecule has 8 nitrogen and oxygen atoms in total. The fraction of sp³-hybridized carbons (Fsp3) is 0.700. The molecule has 0 aliphatic rings. The van der Waals surface area contributed by atoms with Crippen LogP contribution in [0.2, 0.25) is 0 Å². The first-order chi connectivity index (χ1) is 8.52. The zero-order valence-electron chi connectivity index (χ0n) is 9.89. The normalized spacial score (nSPS) is 10.0. The molecule has 0 fully saturated rings. The molecule has 0 saturated heterocycles. The molecule has 104 valence electrons. The zero-order valence-corrected chi connectivity index (χ0v) is 9.89. The minimum absolute atomic E-state index is 0.0579. The first kappa shape index (κ1) is 16.3. The summed E-state index contributed by atoms with van der Waals surface area (Å²) in [5.41, 5.74) is 0. The standard InChI is InChI=1S/C10H17NO7/c12-8(11-7-10(15)16)1-3-17-5-6-18-4-2-9(13)14/h1-7H2,(H,11,12)(H,13,14)(H,15,16). The topological polar surface area (TPSA) is 122 Å². The third-order valence-corrected chi connectivity index (χ3v) is 1.74. The molecule has 0 heterocycles. The van der Waals surface area contributed by atoms with Gasteiger partial charge in [0.15, 0.2) is 0 Å². The van der Waals surface area contributed by atoms with Crippen LogP contribution in [0.4, 0.5) is 0 Å². The summed E-state index contributed by atoms with van der Waals surface area (Å²) in [6, 6.07) is 0. The van der Waals surface area contributed by atoms with Crippen LogP contribution in [0, 0.1) is 0 Å². The van der Waals surface area contributed by atoms with Crippen molar-refractivity contribution in [2.45, 2.75) is 12.8 Å². The highest BCUT2D eigenvalue weighted by Gasteiger charge is 2.03. The van der Waals surface area contributed by atoms with E-state index in [9.17, 15) is 14.4 Å². The van der Waals surface area contributed by atoms with Crippen molar-refractivity contribution in [1.29, 1.82) is 0 Å². The van der Waals surface area contributed by atoms with E-state index >= 15 is 0 Å². The number of carbonyl (C=O) groups is 3. The molecule has 0 spiro atoms. The second-order valence-corrected chi connectivity index (χ2v) is 3.29. The van der Waals surface area contributed by atoms with Gasteiger partial charge in [-0.1, -0.05) is 0 Å². The zero-order chi connectivity index (χ0) is 13.8. The Labute approximate surface area is 104 Å². The van der Waals surface area contributed by atoms with Crippen LogP contribution in [0.15, 0.2) is 0 Å². The van der Waals surface area contributed by atoms with Gasteiger partial charge in [0.25, 0.3) is 0 Å². The van der Waals surface area contributed by atoms with Gasteiger partial charge in [0.1, 0.15) is 6.54 Å². The summed E-state index contributed by atoms with van der Waals surface area (Å²) in [5.74, 6) is -2.42. The monoisotopic (exact) mass is 263 g/mol. The molecule has 1 amide bonds. The number of hydrogen-bond acceptors (Lipinski definition) is 5. The van der Waals surface area contributed by atoms with Crippen molar-refractivity contribution < 1.29 is 34.1 Å². The van der Waals surface area contributed by atoms with E-state index in [4.69, 9.17) is 19.7 Å². The molecule has 0 bridgehead atoms. The smallest absolute Gasteiger partial charge is 0.322 e. The number of carboxylic acid groups (broad SMARTS) is 2. The first-order valence-corrected chi connectivity index (χ1v) is 5.38.